The minimum Gasteiger partial charge on any atom is -0.388 e. The van der Waals surface area contributed by atoms with Crippen molar-refractivity contribution >= 4 is 16.6 Å². The molecule has 3 N–H and O–H groups in total. The van der Waals surface area contributed by atoms with E-state index < -0.39 is 23.4 Å². The topological polar surface area (TPSA) is 87.5 Å². The molecule has 30 heavy (non-hydrogen) atoms. The fraction of sp³-hybridized carbons (Fsp3) is 0.333. The molecule has 1 saturated heterocycles. The number of anilines is 1. The highest BCUT2D eigenvalue weighted by Gasteiger charge is 2.38. The molecule has 0 bridgehead atoms. The van der Waals surface area contributed by atoms with E-state index in [2.05, 4.69) is 15.5 Å². The Balaban J connectivity index is 1.65. The van der Waals surface area contributed by atoms with E-state index in [-0.39, 0.29) is 19.6 Å². The number of rotatable bonds is 4. The molecule has 6 nitrogen and oxygen atoms in total. The average molecular weight is 419 g/mol. The Kier molecular flexibility index (Phi) is 5.35. The first-order valence-electron chi connectivity index (χ1n) is 9.43. The highest BCUT2D eigenvalue weighted by molar-refractivity contribution is 6.00. The van der Waals surface area contributed by atoms with Crippen LogP contribution in [0, 0.1) is 0 Å². The van der Waals surface area contributed by atoms with E-state index in [0.29, 0.717) is 34.5 Å². The number of nitrogens with zero attached hydrogens (tertiary/aromatic N) is 2. The summed E-state index contributed by atoms with van der Waals surface area (Å²) in [5, 5.41) is 33.6. The molecule has 3 aromatic rings. The Morgan fingerprint density at radius 2 is 1.77 bits per heavy atom. The maximum atomic E-state index is 12.8. The number of aromatic nitrogens is 2. The smallest absolute Gasteiger partial charge is 0.388 e. The van der Waals surface area contributed by atoms with Crippen LogP contribution in [0.15, 0.2) is 48.5 Å². The molecule has 1 fully saturated rings. The molecule has 2 heterocycles. The number of nitrogens with one attached hydrogen (secondary N) is 1. The zero-order valence-corrected chi connectivity index (χ0v) is 15.9. The number of aliphatic hydroxyl groups is 2. The molecule has 1 aliphatic heterocycles. The minimum atomic E-state index is -4.41. The molecule has 9 heteroatoms. The van der Waals surface area contributed by atoms with Crippen LogP contribution in [0.5, 0.6) is 0 Å². The fourth-order valence-corrected chi connectivity index (χ4v) is 3.47. The fourth-order valence-electron chi connectivity index (χ4n) is 3.47. The molecule has 0 radical (unpaired) electrons. The Morgan fingerprint density at radius 1 is 1.07 bits per heavy atom. The molecule has 1 aliphatic rings. The summed E-state index contributed by atoms with van der Waals surface area (Å²) < 4.78 is 43.7. The maximum Gasteiger partial charge on any atom is 0.416 e. The van der Waals surface area contributed by atoms with Crippen LogP contribution in [-0.2, 0) is 10.9 Å². The molecule has 0 saturated carbocycles. The van der Waals surface area contributed by atoms with Crippen LogP contribution in [0.4, 0.5) is 19.0 Å². The number of alkyl halides is 3. The summed E-state index contributed by atoms with van der Waals surface area (Å²) in [5.74, 6) is 0.411. The average Bonchev–Trinajstić information content (AvgIpc) is 2.74. The standard InChI is InChI=1S/C21H20F3N3O3/c22-21(23,24)14-7-5-13(6-8-14)18-15-3-1-2-4-16(15)19(27-26-18)25-12-20(29)9-10-30-11-17(20)28/h1-8,17,28-29H,9-12H2,(H,25,27)/t17-,20+/m1/s1. The molecule has 0 amide bonds. The molecule has 0 unspecified atom stereocenters. The molecule has 2 aromatic carbocycles. The van der Waals surface area contributed by atoms with Gasteiger partial charge in [-0.3, -0.25) is 0 Å². The van der Waals surface area contributed by atoms with Gasteiger partial charge in [0.25, 0.3) is 0 Å². The van der Waals surface area contributed by atoms with Crippen molar-refractivity contribution in [2.75, 3.05) is 25.1 Å². The second-order valence-electron chi connectivity index (χ2n) is 7.32. The van der Waals surface area contributed by atoms with Gasteiger partial charge in [-0.05, 0) is 12.1 Å². The number of fused-ring (bicyclic) bond motifs is 1. The number of hydrogen-bond donors (Lipinski definition) is 3. The minimum absolute atomic E-state index is 0.0514. The van der Waals surface area contributed by atoms with Gasteiger partial charge in [0.2, 0.25) is 0 Å². The van der Waals surface area contributed by atoms with E-state index in [1.807, 2.05) is 12.1 Å². The van der Waals surface area contributed by atoms with E-state index in [0.717, 1.165) is 12.1 Å². The van der Waals surface area contributed by atoms with Crippen molar-refractivity contribution in [3.8, 4) is 11.3 Å². The van der Waals surface area contributed by atoms with Crippen molar-refractivity contribution in [1.29, 1.82) is 0 Å². The van der Waals surface area contributed by atoms with Gasteiger partial charge in [0.05, 0.1) is 12.2 Å². The lowest BCUT2D eigenvalue weighted by Gasteiger charge is -2.36. The van der Waals surface area contributed by atoms with Crippen LogP contribution >= 0.6 is 0 Å². The Bertz CT molecular complexity index is 1040. The first-order valence-corrected chi connectivity index (χ1v) is 9.43. The third kappa shape index (κ3) is 3.96. The van der Waals surface area contributed by atoms with Crippen molar-refractivity contribution in [1.82, 2.24) is 10.2 Å². The van der Waals surface area contributed by atoms with Crippen molar-refractivity contribution in [2.24, 2.45) is 0 Å². The van der Waals surface area contributed by atoms with Gasteiger partial charge in [0.15, 0.2) is 5.82 Å². The van der Waals surface area contributed by atoms with Gasteiger partial charge in [-0.15, -0.1) is 10.2 Å². The van der Waals surface area contributed by atoms with Crippen molar-refractivity contribution in [3.63, 3.8) is 0 Å². The highest BCUT2D eigenvalue weighted by Crippen LogP contribution is 2.33. The lowest BCUT2D eigenvalue weighted by molar-refractivity contribution is -0.145. The van der Waals surface area contributed by atoms with Gasteiger partial charge < -0.3 is 20.3 Å². The summed E-state index contributed by atoms with van der Waals surface area (Å²) in [7, 11) is 0. The number of benzene rings is 2. The molecule has 4 rings (SSSR count). The molecular weight excluding hydrogens is 399 g/mol. The molecule has 0 aliphatic carbocycles. The second-order valence-corrected chi connectivity index (χ2v) is 7.32. The first-order chi connectivity index (χ1) is 14.3. The van der Waals surface area contributed by atoms with Crippen LogP contribution in [0.3, 0.4) is 0 Å². The van der Waals surface area contributed by atoms with Gasteiger partial charge in [-0.2, -0.15) is 13.2 Å². The zero-order valence-electron chi connectivity index (χ0n) is 15.9. The van der Waals surface area contributed by atoms with Gasteiger partial charge in [0, 0.05) is 35.9 Å². The van der Waals surface area contributed by atoms with Crippen LogP contribution in [0.1, 0.15) is 12.0 Å². The monoisotopic (exact) mass is 419 g/mol. The van der Waals surface area contributed by atoms with E-state index >= 15 is 0 Å². The first kappa shape index (κ1) is 20.5. The normalized spacial score (nSPS) is 22.2. The van der Waals surface area contributed by atoms with Gasteiger partial charge in [-0.1, -0.05) is 36.4 Å². The summed E-state index contributed by atoms with van der Waals surface area (Å²) >= 11 is 0. The predicted octanol–water partition coefficient (Wildman–Crippen LogP) is 3.24. The highest BCUT2D eigenvalue weighted by atomic mass is 19.4. The van der Waals surface area contributed by atoms with E-state index in [1.165, 1.54) is 12.1 Å². The summed E-state index contributed by atoms with van der Waals surface area (Å²) in [6, 6.07) is 12.0. The van der Waals surface area contributed by atoms with Crippen LogP contribution in [0.25, 0.3) is 22.0 Å². The third-order valence-corrected chi connectivity index (χ3v) is 5.31. The summed E-state index contributed by atoms with van der Waals surface area (Å²) in [6.45, 7) is 0.446. The Hall–Kier alpha value is -2.75. The number of ether oxygens (including phenoxy) is 1. The number of hydrogen-bond acceptors (Lipinski definition) is 6. The van der Waals surface area contributed by atoms with Crippen molar-refractivity contribution < 1.29 is 28.1 Å². The largest absolute Gasteiger partial charge is 0.416 e. The Labute approximate surface area is 170 Å². The van der Waals surface area contributed by atoms with Gasteiger partial charge >= 0.3 is 6.18 Å². The Morgan fingerprint density at radius 3 is 2.43 bits per heavy atom. The summed E-state index contributed by atoms with van der Waals surface area (Å²) in [4.78, 5) is 0. The number of aliphatic hydroxyl groups excluding tert-OH is 1. The quantitative estimate of drug-likeness (QED) is 0.602. The lowest BCUT2D eigenvalue weighted by Crippen LogP contribution is -2.53. The van der Waals surface area contributed by atoms with E-state index in [4.69, 9.17) is 4.74 Å². The third-order valence-electron chi connectivity index (χ3n) is 5.31. The predicted molar refractivity (Wildman–Crippen MR) is 105 cm³/mol. The van der Waals surface area contributed by atoms with Crippen molar-refractivity contribution in [3.05, 3.63) is 54.1 Å². The molecule has 2 atom stereocenters. The van der Waals surface area contributed by atoms with Crippen LogP contribution < -0.4 is 5.32 Å². The van der Waals surface area contributed by atoms with Crippen LogP contribution in [0.2, 0.25) is 0 Å². The SMILES string of the molecule is O[C@@H]1COCC[C@]1(O)CNc1nnc(-c2ccc(C(F)(F)F)cc2)c2ccccc12. The zero-order chi connectivity index (χ0) is 21.4. The second kappa shape index (κ2) is 7.82. The van der Waals surface area contributed by atoms with Gasteiger partial charge in [0.1, 0.15) is 17.4 Å². The molecule has 158 valence electrons. The van der Waals surface area contributed by atoms with E-state index in [1.54, 1.807) is 12.1 Å². The van der Waals surface area contributed by atoms with Gasteiger partial charge in [-0.25, -0.2) is 0 Å². The molecular formula is C21H20F3N3O3. The van der Waals surface area contributed by atoms with E-state index in [9.17, 15) is 23.4 Å². The molecule has 1 aromatic heterocycles. The summed E-state index contributed by atoms with van der Waals surface area (Å²) in [5.41, 5.74) is -1.12. The lowest BCUT2D eigenvalue weighted by atomic mass is 9.91. The van der Waals surface area contributed by atoms with Crippen LogP contribution in [-0.4, -0.2) is 51.9 Å². The molecule has 0 spiro atoms. The van der Waals surface area contributed by atoms with Crippen molar-refractivity contribution in [2.45, 2.75) is 24.3 Å². The number of halogens is 3. The maximum absolute atomic E-state index is 12.8. The summed E-state index contributed by atoms with van der Waals surface area (Å²) in [6.07, 6.45) is -5.16.